The topological polar surface area (TPSA) is 46.0 Å². The maximum absolute atomic E-state index is 10.1. The minimum atomic E-state index is -0.201. The van der Waals surface area contributed by atoms with Gasteiger partial charge in [-0.3, -0.25) is 0 Å². The molecule has 0 saturated heterocycles. The molecule has 1 N–H and O–H groups in total. The van der Waals surface area contributed by atoms with Gasteiger partial charge in [0.05, 0.1) is 11.6 Å². The zero-order chi connectivity index (χ0) is 13.2. The van der Waals surface area contributed by atoms with Gasteiger partial charge in [0, 0.05) is 10.6 Å². The van der Waals surface area contributed by atoms with E-state index < -0.39 is 0 Å². The minimum absolute atomic E-state index is 0.201. The molecular formula is C15H18N2OS. The fraction of sp³-hybridized carbons (Fsp3) is 0.467. The van der Waals surface area contributed by atoms with E-state index in [0.29, 0.717) is 0 Å². The lowest BCUT2D eigenvalue weighted by atomic mass is 9.97. The molecule has 1 aliphatic carbocycles. The standard InChI is InChI=1S/C15H18N2OS/c1-10-16-12-7-3-2-6-11(12)15(17-10)19-14-9-5-4-8-13(14)18/h2-3,6-7,13-14,18H,4-5,8-9H2,1H3. The highest BCUT2D eigenvalue weighted by Gasteiger charge is 2.25. The molecule has 19 heavy (non-hydrogen) atoms. The van der Waals surface area contributed by atoms with Gasteiger partial charge in [-0.1, -0.05) is 42.8 Å². The summed E-state index contributed by atoms with van der Waals surface area (Å²) in [5.41, 5.74) is 0.989. The van der Waals surface area contributed by atoms with Crippen LogP contribution in [-0.2, 0) is 0 Å². The summed E-state index contributed by atoms with van der Waals surface area (Å²) in [6, 6.07) is 8.10. The molecule has 1 saturated carbocycles. The lowest BCUT2D eigenvalue weighted by Crippen LogP contribution is -2.26. The molecule has 0 spiro atoms. The van der Waals surface area contributed by atoms with E-state index in [9.17, 15) is 5.11 Å². The fourth-order valence-corrected chi connectivity index (χ4v) is 3.96. The lowest BCUT2D eigenvalue weighted by molar-refractivity contribution is 0.137. The lowest BCUT2D eigenvalue weighted by Gasteiger charge is -2.26. The number of nitrogens with zero attached hydrogens (tertiary/aromatic N) is 2. The first-order valence-electron chi connectivity index (χ1n) is 6.82. The van der Waals surface area contributed by atoms with Crippen LogP contribution in [0.2, 0.25) is 0 Å². The van der Waals surface area contributed by atoms with Gasteiger partial charge in [-0.25, -0.2) is 9.97 Å². The van der Waals surface area contributed by atoms with Gasteiger partial charge in [0.2, 0.25) is 0 Å². The summed E-state index contributed by atoms with van der Waals surface area (Å²) in [7, 11) is 0. The summed E-state index contributed by atoms with van der Waals surface area (Å²) in [5.74, 6) is 0.798. The van der Waals surface area contributed by atoms with Crippen molar-refractivity contribution in [1.29, 1.82) is 0 Å². The van der Waals surface area contributed by atoms with Crippen LogP contribution in [-0.4, -0.2) is 26.4 Å². The van der Waals surface area contributed by atoms with Crippen molar-refractivity contribution in [2.75, 3.05) is 0 Å². The van der Waals surface area contributed by atoms with Crippen LogP contribution in [0.3, 0.4) is 0 Å². The molecule has 3 rings (SSSR count). The predicted molar refractivity (Wildman–Crippen MR) is 78.4 cm³/mol. The predicted octanol–water partition coefficient (Wildman–Crippen LogP) is 3.33. The van der Waals surface area contributed by atoms with Gasteiger partial charge in [0.1, 0.15) is 10.9 Å². The Balaban J connectivity index is 1.95. The van der Waals surface area contributed by atoms with Gasteiger partial charge in [0.15, 0.2) is 0 Å². The Hall–Kier alpha value is -1.13. The Morgan fingerprint density at radius 1 is 1.16 bits per heavy atom. The van der Waals surface area contributed by atoms with E-state index >= 15 is 0 Å². The van der Waals surface area contributed by atoms with Crippen molar-refractivity contribution in [3.63, 3.8) is 0 Å². The average molecular weight is 274 g/mol. The molecule has 4 heteroatoms. The van der Waals surface area contributed by atoms with Crippen LogP contribution < -0.4 is 0 Å². The van der Waals surface area contributed by atoms with Crippen LogP contribution in [0.4, 0.5) is 0 Å². The second kappa shape index (κ2) is 5.47. The van der Waals surface area contributed by atoms with E-state index in [1.165, 1.54) is 6.42 Å². The Kier molecular flexibility index (Phi) is 3.71. The first-order valence-corrected chi connectivity index (χ1v) is 7.70. The highest BCUT2D eigenvalue weighted by molar-refractivity contribution is 8.00. The summed E-state index contributed by atoms with van der Waals surface area (Å²) < 4.78 is 0. The number of hydrogen-bond donors (Lipinski definition) is 1. The van der Waals surface area contributed by atoms with Crippen molar-refractivity contribution in [2.24, 2.45) is 0 Å². The summed E-state index contributed by atoms with van der Waals surface area (Å²) >= 11 is 1.72. The molecule has 1 aromatic heterocycles. The molecule has 0 radical (unpaired) electrons. The fourth-order valence-electron chi connectivity index (χ4n) is 2.61. The van der Waals surface area contributed by atoms with E-state index in [-0.39, 0.29) is 11.4 Å². The molecule has 0 amide bonds. The number of aryl methyl sites for hydroxylation is 1. The second-order valence-electron chi connectivity index (χ2n) is 5.10. The monoisotopic (exact) mass is 274 g/mol. The Labute approximate surface area is 117 Å². The van der Waals surface area contributed by atoms with E-state index in [1.54, 1.807) is 11.8 Å². The number of rotatable bonds is 2. The van der Waals surface area contributed by atoms with Gasteiger partial charge in [-0.05, 0) is 25.8 Å². The molecule has 2 aromatic rings. The minimum Gasteiger partial charge on any atom is -0.392 e. The summed E-state index contributed by atoms with van der Waals surface area (Å²) in [4.78, 5) is 9.03. The third-order valence-corrected chi connectivity index (χ3v) is 5.00. The van der Waals surface area contributed by atoms with Crippen LogP contribution in [0.5, 0.6) is 0 Å². The molecule has 3 nitrogen and oxygen atoms in total. The third-order valence-electron chi connectivity index (χ3n) is 3.61. The number of fused-ring (bicyclic) bond motifs is 1. The van der Waals surface area contributed by atoms with Gasteiger partial charge in [-0.15, -0.1) is 0 Å². The van der Waals surface area contributed by atoms with Gasteiger partial charge < -0.3 is 5.11 Å². The number of hydrogen-bond acceptors (Lipinski definition) is 4. The van der Waals surface area contributed by atoms with Gasteiger partial charge in [-0.2, -0.15) is 0 Å². The van der Waals surface area contributed by atoms with Crippen LogP contribution in [0.25, 0.3) is 10.9 Å². The van der Waals surface area contributed by atoms with Crippen molar-refractivity contribution in [3.05, 3.63) is 30.1 Å². The molecule has 0 aliphatic heterocycles. The summed E-state index contributed by atoms with van der Waals surface area (Å²) in [6.45, 7) is 1.92. The zero-order valence-electron chi connectivity index (χ0n) is 11.0. The van der Waals surface area contributed by atoms with Gasteiger partial charge in [0.25, 0.3) is 0 Å². The third kappa shape index (κ3) is 2.74. The number of benzene rings is 1. The molecule has 1 heterocycles. The van der Waals surface area contributed by atoms with Crippen molar-refractivity contribution in [1.82, 2.24) is 9.97 Å². The van der Waals surface area contributed by atoms with Crippen molar-refractivity contribution < 1.29 is 5.11 Å². The van der Waals surface area contributed by atoms with Crippen LogP contribution in [0.1, 0.15) is 31.5 Å². The molecule has 2 atom stereocenters. The molecule has 1 aliphatic rings. The van der Waals surface area contributed by atoms with Crippen LogP contribution in [0.15, 0.2) is 29.3 Å². The second-order valence-corrected chi connectivity index (χ2v) is 6.33. The van der Waals surface area contributed by atoms with E-state index in [2.05, 4.69) is 16.0 Å². The SMILES string of the molecule is Cc1nc(SC2CCCCC2O)c2ccccc2n1. The van der Waals surface area contributed by atoms with E-state index in [1.807, 2.05) is 25.1 Å². The van der Waals surface area contributed by atoms with Crippen molar-refractivity contribution >= 4 is 22.7 Å². The Bertz CT molecular complexity index is 587. The maximum Gasteiger partial charge on any atom is 0.127 e. The number of aliphatic hydroxyl groups is 1. The van der Waals surface area contributed by atoms with E-state index in [0.717, 1.165) is 41.0 Å². The molecule has 1 fully saturated rings. The number of aromatic nitrogens is 2. The molecule has 1 aromatic carbocycles. The largest absolute Gasteiger partial charge is 0.392 e. The van der Waals surface area contributed by atoms with E-state index in [4.69, 9.17) is 0 Å². The van der Waals surface area contributed by atoms with Crippen molar-refractivity contribution in [2.45, 2.75) is 49.0 Å². The summed E-state index contributed by atoms with van der Waals surface area (Å²) in [6.07, 6.45) is 4.13. The number of thioether (sulfide) groups is 1. The quantitative estimate of drug-likeness (QED) is 0.853. The normalized spacial score (nSPS) is 23.7. The molecule has 100 valence electrons. The highest BCUT2D eigenvalue weighted by atomic mass is 32.2. The maximum atomic E-state index is 10.1. The van der Waals surface area contributed by atoms with Crippen molar-refractivity contribution in [3.8, 4) is 0 Å². The molecular weight excluding hydrogens is 256 g/mol. The Morgan fingerprint density at radius 3 is 2.79 bits per heavy atom. The van der Waals surface area contributed by atoms with Crippen LogP contribution >= 0.6 is 11.8 Å². The summed E-state index contributed by atoms with van der Waals surface area (Å²) in [5, 5.41) is 12.5. The first-order chi connectivity index (χ1) is 9.24. The highest BCUT2D eigenvalue weighted by Crippen LogP contribution is 2.35. The smallest absolute Gasteiger partial charge is 0.127 e. The molecule has 0 bridgehead atoms. The molecule has 2 unspecified atom stereocenters. The van der Waals surface area contributed by atoms with Crippen LogP contribution in [0, 0.1) is 6.92 Å². The first kappa shape index (κ1) is 12.9. The average Bonchev–Trinajstić information content (AvgIpc) is 2.41. The number of para-hydroxylation sites is 1. The van der Waals surface area contributed by atoms with Gasteiger partial charge >= 0.3 is 0 Å². The zero-order valence-corrected chi connectivity index (χ0v) is 11.9. The Morgan fingerprint density at radius 2 is 1.95 bits per heavy atom. The number of aliphatic hydroxyl groups excluding tert-OH is 1.